The average molecular weight is 369 g/mol. The lowest BCUT2D eigenvalue weighted by atomic mass is 10.1. The van der Waals surface area contributed by atoms with Crippen molar-refractivity contribution >= 4 is 16.0 Å². The molecule has 2 atom stereocenters. The molecule has 1 aromatic rings. The molecule has 138 valence electrons. The van der Waals surface area contributed by atoms with Gasteiger partial charge < -0.3 is 14.2 Å². The van der Waals surface area contributed by atoms with Crippen LogP contribution in [0.25, 0.3) is 0 Å². The molecule has 0 amide bonds. The van der Waals surface area contributed by atoms with Crippen molar-refractivity contribution in [2.45, 2.75) is 43.1 Å². The van der Waals surface area contributed by atoms with Crippen LogP contribution in [0.4, 0.5) is 0 Å². The van der Waals surface area contributed by atoms with Crippen LogP contribution in [0.2, 0.25) is 0 Å². The summed E-state index contributed by atoms with van der Waals surface area (Å²) in [5, 5.41) is 0. The lowest BCUT2D eigenvalue weighted by Gasteiger charge is -2.40. The van der Waals surface area contributed by atoms with Crippen molar-refractivity contribution in [2.24, 2.45) is 0 Å². The molecule has 0 saturated carbocycles. The number of hydrogen-bond donors (Lipinski definition) is 1. The van der Waals surface area contributed by atoms with Gasteiger partial charge in [-0.05, 0) is 32.4 Å². The second-order valence-electron chi connectivity index (χ2n) is 6.07. The standard InChI is InChI=1S/C17H23NO6S/c1-17(2)23-12-14(15(24-17)10-7-11-16(19)22-3)18-25(20,21)13-8-5-4-6-9-13/h4-9,11,14-15,18H,10,12H2,1-3H3/b11-7+/t14-,15-/m0/s1. The van der Waals surface area contributed by atoms with Gasteiger partial charge in [-0.15, -0.1) is 0 Å². The Morgan fingerprint density at radius 2 is 2.04 bits per heavy atom. The predicted octanol–water partition coefficient (Wildman–Crippen LogP) is 1.60. The van der Waals surface area contributed by atoms with Gasteiger partial charge in [-0.25, -0.2) is 17.9 Å². The van der Waals surface area contributed by atoms with Gasteiger partial charge in [0.2, 0.25) is 10.0 Å². The van der Waals surface area contributed by atoms with Crippen LogP contribution in [0.15, 0.2) is 47.4 Å². The fourth-order valence-corrected chi connectivity index (χ4v) is 3.70. The van der Waals surface area contributed by atoms with Gasteiger partial charge in [-0.1, -0.05) is 24.3 Å². The quantitative estimate of drug-likeness (QED) is 0.605. The van der Waals surface area contributed by atoms with Crippen LogP contribution < -0.4 is 4.72 Å². The van der Waals surface area contributed by atoms with Gasteiger partial charge in [0, 0.05) is 6.08 Å². The third-order valence-corrected chi connectivity index (χ3v) is 5.18. The van der Waals surface area contributed by atoms with Crippen molar-refractivity contribution < 1.29 is 27.4 Å². The number of hydrogen-bond acceptors (Lipinski definition) is 6. The number of sulfonamides is 1. The molecule has 1 fully saturated rings. The van der Waals surface area contributed by atoms with Crippen molar-refractivity contribution in [3.63, 3.8) is 0 Å². The number of carbonyl (C=O) groups is 1. The minimum absolute atomic E-state index is 0.162. The molecule has 0 spiro atoms. The third-order valence-electron chi connectivity index (χ3n) is 3.68. The maximum absolute atomic E-state index is 12.5. The van der Waals surface area contributed by atoms with E-state index >= 15 is 0 Å². The molecule has 0 aromatic heterocycles. The third kappa shape index (κ3) is 5.64. The van der Waals surface area contributed by atoms with Crippen LogP contribution in [0.5, 0.6) is 0 Å². The van der Waals surface area contributed by atoms with Crippen LogP contribution in [0.3, 0.4) is 0 Å². The van der Waals surface area contributed by atoms with E-state index in [1.54, 1.807) is 38.1 Å². The van der Waals surface area contributed by atoms with Gasteiger partial charge in [0.1, 0.15) is 0 Å². The number of ether oxygens (including phenoxy) is 3. The Kier molecular flexibility index (Phi) is 6.34. The van der Waals surface area contributed by atoms with Crippen molar-refractivity contribution in [3.8, 4) is 0 Å². The van der Waals surface area contributed by atoms with E-state index in [2.05, 4.69) is 9.46 Å². The molecule has 1 N–H and O–H groups in total. The van der Waals surface area contributed by atoms with Crippen molar-refractivity contribution in [3.05, 3.63) is 42.5 Å². The maximum Gasteiger partial charge on any atom is 0.330 e. The molecule has 1 saturated heterocycles. The monoisotopic (exact) mass is 369 g/mol. The fourth-order valence-electron chi connectivity index (χ4n) is 2.43. The highest BCUT2D eigenvalue weighted by atomic mass is 32.2. The summed E-state index contributed by atoms with van der Waals surface area (Å²) in [6.07, 6.45) is 2.74. The van der Waals surface area contributed by atoms with Crippen molar-refractivity contribution in [1.82, 2.24) is 4.72 Å². The van der Waals surface area contributed by atoms with Crippen LogP contribution >= 0.6 is 0 Å². The number of esters is 1. The zero-order chi connectivity index (χ0) is 18.5. The number of nitrogens with one attached hydrogen (secondary N) is 1. The topological polar surface area (TPSA) is 90.9 Å². The lowest BCUT2D eigenvalue weighted by Crippen LogP contribution is -2.55. The van der Waals surface area contributed by atoms with Crippen LogP contribution in [0, 0.1) is 0 Å². The maximum atomic E-state index is 12.5. The van der Waals surface area contributed by atoms with Crippen LogP contribution in [-0.2, 0) is 29.0 Å². The van der Waals surface area contributed by atoms with Gasteiger partial charge in [-0.2, -0.15) is 0 Å². The molecule has 1 heterocycles. The minimum Gasteiger partial charge on any atom is -0.466 e. The highest BCUT2D eigenvalue weighted by molar-refractivity contribution is 7.89. The van der Waals surface area contributed by atoms with Crippen LogP contribution in [-0.4, -0.2) is 46.0 Å². The summed E-state index contributed by atoms with van der Waals surface area (Å²) in [6.45, 7) is 3.67. The number of benzene rings is 1. The zero-order valence-corrected chi connectivity index (χ0v) is 15.3. The fraction of sp³-hybridized carbons (Fsp3) is 0.471. The lowest BCUT2D eigenvalue weighted by molar-refractivity contribution is -0.279. The minimum atomic E-state index is -3.70. The smallest absolute Gasteiger partial charge is 0.330 e. The van der Waals surface area contributed by atoms with Gasteiger partial charge in [0.05, 0.1) is 30.8 Å². The van der Waals surface area contributed by atoms with E-state index in [0.717, 1.165) is 0 Å². The summed E-state index contributed by atoms with van der Waals surface area (Å²) in [6, 6.07) is 7.51. The summed E-state index contributed by atoms with van der Waals surface area (Å²) in [4.78, 5) is 11.4. The van der Waals surface area contributed by atoms with Crippen LogP contribution in [0.1, 0.15) is 20.3 Å². The molecule has 2 rings (SSSR count). The molecule has 1 aliphatic heterocycles. The molecule has 0 unspecified atom stereocenters. The normalized spacial score (nSPS) is 23.5. The van der Waals surface area contributed by atoms with Gasteiger partial charge >= 0.3 is 5.97 Å². The summed E-state index contributed by atoms with van der Waals surface area (Å²) < 4.78 is 43.6. The van der Waals surface area contributed by atoms with Gasteiger partial charge in [0.25, 0.3) is 0 Å². The Labute approximate surface area is 148 Å². The van der Waals surface area contributed by atoms with E-state index in [0.29, 0.717) is 6.42 Å². The summed E-state index contributed by atoms with van der Waals surface area (Å²) in [5.41, 5.74) is 0. The number of rotatable bonds is 6. The summed E-state index contributed by atoms with van der Waals surface area (Å²) in [7, 11) is -2.41. The highest BCUT2D eigenvalue weighted by Gasteiger charge is 2.38. The average Bonchev–Trinajstić information content (AvgIpc) is 2.57. The highest BCUT2D eigenvalue weighted by Crippen LogP contribution is 2.25. The molecule has 0 bridgehead atoms. The Hall–Kier alpha value is -1.74. The molecule has 1 aromatic carbocycles. The molecule has 7 nitrogen and oxygen atoms in total. The summed E-state index contributed by atoms with van der Waals surface area (Å²) in [5.74, 6) is -1.31. The van der Waals surface area contributed by atoms with E-state index in [4.69, 9.17) is 9.47 Å². The van der Waals surface area contributed by atoms with Gasteiger partial charge in [0.15, 0.2) is 5.79 Å². The second kappa shape index (κ2) is 8.09. The molecule has 1 aliphatic rings. The zero-order valence-electron chi connectivity index (χ0n) is 14.5. The van der Waals surface area contributed by atoms with E-state index in [9.17, 15) is 13.2 Å². The first-order valence-corrected chi connectivity index (χ1v) is 9.35. The van der Waals surface area contributed by atoms with E-state index < -0.39 is 33.9 Å². The summed E-state index contributed by atoms with van der Waals surface area (Å²) >= 11 is 0. The predicted molar refractivity (Wildman–Crippen MR) is 91.2 cm³/mol. The SMILES string of the molecule is COC(=O)/C=C/C[C@@H]1OC(C)(C)OC[C@@H]1NS(=O)(=O)c1ccccc1. The number of methoxy groups -OCH3 is 1. The largest absolute Gasteiger partial charge is 0.466 e. The molecular weight excluding hydrogens is 346 g/mol. The Balaban J connectivity index is 2.13. The van der Waals surface area contributed by atoms with Gasteiger partial charge in [-0.3, -0.25) is 0 Å². The Bertz CT molecular complexity index is 714. The molecule has 25 heavy (non-hydrogen) atoms. The first kappa shape index (κ1) is 19.6. The first-order chi connectivity index (χ1) is 11.7. The Morgan fingerprint density at radius 1 is 1.36 bits per heavy atom. The number of carbonyl (C=O) groups excluding carboxylic acids is 1. The molecule has 0 aliphatic carbocycles. The van der Waals surface area contributed by atoms with Crippen molar-refractivity contribution in [1.29, 1.82) is 0 Å². The molecular formula is C17H23NO6S. The van der Waals surface area contributed by atoms with E-state index in [-0.39, 0.29) is 11.5 Å². The van der Waals surface area contributed by atoms with E-state index in [1.165, 1.54) is 25.3 Å². The second-order valence-corrected chi connectivity index (χ2v) is 7.78. The Morgan fingerprint density at radius 3 is 2.68 bits per heavy atom. The van der Waals surface area contributed by atoms with Crippen molar-refractivity contribution in [2.75, 3.05) is 13.7 Å². The molecule has 8 heteroatoms. The van der Waals surface area contributed by atoms with E-state index in [1.807, 2.05) is 0 Å². The first-order valence-electron chi connectivity index (χ1n) is 7.87. The molecule has 0 radical (unpaired) electrons.